The number of carbonyl (C=O) groups is 3. The highest BCUT2D eigenvalue weighted by molar-refractivity contribution is 6.33. The van der Waals surface area contributed by atoms with Crippen LogP contribution in [0.4, 0.5) is 10.2 Å². The summed E-state index contributed by atoms with van der Waals surface area (Å²) in [5.41, 5.74) is -0.159. The molecule has 1 unspecified atom stereocenters. The van der Waals surface area contributed by atoms with Gasteiger partial charge < -0.3 is 15.0 Å². The third-order valence-electron chi connectivity index (χ3n) is 3.72. The van der Waals surface area contributed by atoms with E-state index < -0.39 is 24.0 Å². The lowest BCUT2D eigenvalue weighted by molar-refractivity contribution is -0.142. The molecule has 2 rings (SSSR count). The highest BCUT2D eigenvalue weighted by Gasteiger charge is 2.28. The average molecular weight is 372 g/mol. The van der Waals surface area contributed by atoms with Gasteiger partial charge >= 0.3 is 5.97 Å². The summed E-state index contributed by atoms with van der Waals surface area (Å²) in [6.07, 6.45) is 0.129. The standard InChI is InChI=1S/C16H19ClFN3O4/c1-3-25-14(24)7-13(23)11-6-12(18)16(20-15(11)17)21-5-4-10(8-21)19-9(2)22/h6,10H,3-5,7-8H2,1-2H3,(H,19,22). The molecule has 0 aliphatic carbocycles. The zero-order chi connectivity index (χ0) is 18.6. The Hall–Kier alpha value is -2.22. The molecule has 0 aromatic carbocycles. The summed E-state index contributed by atoms with van der Waals surface area (Å²) in [5, 5.41) is 2.60. The number of anilines is 1. The molecule has 0 saturated carbocycles. The molecule has 1 aliphatic rings. The molecule has 9 heteroatoms. The van der Waals surface area contributed by atoms with E-state index in [0.29, 0.717) is 19.5 Å². The molecule has 0 radical (unpaired) electrons. The number of esters is 1. The van der Waals surface area contributed by atoms with Crippen LogP contribution < -0.4 is 10.2 Å². The highest BCUT2D eigenvalue weighted by atomic mass is 35.5. The molecule has 136 valence electrons. The van der Waals surface area contributed by atoms with Crippen LogP contribution in [-0.2, 0) is 14.3 Å². The number of nitrogens with zero attached hydrogens (tertiary/aromatic N) is 2. The monoisotopic (exact) mass is 371 g/mol. The number of pyridine rings is 1. The van der Waals surface area contributed by atoms with Crippen molar-refractivity contribution in [1.29, 1.82) is 0 Å². The van der Waals surface area contributed by atoms with Gasteiger partial charge in [-0.3, -0.25) is 14.4 Å². The molecule has 1 aromatic rings. The molecule has 1 aliphatic heterocycles. The molecule has 1 fully saturated rings. The summed E-state index contributed by atoms with van der Waals surface area (Å²) in [6.45, 7) is 4.09. The van der Waals surface area contributed by atoms with Crippen LogP contribution in [0.3, 0.4) is 0 Å². The van der Waals surface area contributed by atoms with Gasteiger partial charge in [0.1, 0.15) is 11.6 Å². The summed E-state index contributed by atoms with van der Waals surface area (Å²) in [4.78, 5) is 40.2. The molecular weight excluding hydrogens is 353 g/mol. The minimum absolute atomic E-state index is 0.0190. The normalized spacial score (nSPS) is 16.6. The van der Waals surface area contributed by atoms with E-state index in [1.807, 2.05) is 0 Å². The van der Waals surface area contributed by atoms with Gasteiger partial charge in [-0.2, -0.15) is 0 Å². The lowest BCUT2D eigenvalue weighted by atomic mass is 10.1. The number of hydrogen-bond acceptors (Lipinski definition) is 6. The van der Waals surface area contributed by atoms with E-state index in [9.17, 15) is 18.8 Å². The third kappa shape index (κ3) is 4.88. The Morgan fingerprint density at radius 3 is 2.84 bits per heavy atom. The molecule has 1 atom stereocenters. The number of halogens is 2. The largest absolute Gasteiger partial charge is 0.466 e. The zero-order valence-corrected chi connectivity index (χ0v) is 14.7. The van der Waals surface area contributed by atoms with Crippen molar-refractivity contribution in [1.82, 2.24) is 10.3 Å². The summed E-state index contributed by atoms with van der Waals surface area (Å²) in [7, 11) is 0. The van der Waals surface area contributed by atoms with E-state index in [2.05, 4.69) is 10.3 Å². The van der Waals surface area contributed by atoms with E-state index in [4.69, 9.17) is 16.3 Å². The van der Waals surface area contributed by atoms with E-state index in [1.165, 1.54) is 6.92 Å². The molecule has 2 heterocycles. The Bertz CT molecular complexity index is 698. The van der Waals surface area contributed by atoms with Crippen LogP contribution in [0.5, 0.6) is 0 Å². The van der Waals surface area contributed by atoms with Crippen molar-refractivity contribution in [3.8, 4) is 0 Å². The highest BCUT2D eigenvalue weighted by Crippen LogP contribution is 2.27. The Labute approximate surface area is 149 Å². The number of Topliss-reactive ketones (excluding diaryl/α,β-unsaturated/α-hetero) is 1. The number of rotatable bonds is 6. The summed E-state index contributed by atoms with van der Waals surface area (Å²) < 4.78 is 19.1. The van der Waals surface area contributed by atoms with Crippen LogP contribution in [0.2, 0.25) is 5.15 Å². The second kappa shape index (κ2) is 8.24. The third-order valence-corrected chi connectivity index (χ3v) is 4.00. The maximum atomic E-state index is 14.4. The second-order valence-corrected chi connectivity index (χ2v) is 6.03. The lowest BCUT2D eigenvalue weighted by Crippen LogP contribution is -2.35. The van der Waals surface area contributed by atoms with Crippen molar-refractivity contribution in [2.24, 2.45) is 0 Å². The minimum atomic E-state index is -0.708. The van der Waals surface area contributed by atoms with Gasteiger partial charge in [0.25, 0.3) is 0 Å². The maximum absolute atomic E-state index is 14.4. The molecule has 1 aromatic heterocycles. The van der Waals surface area contributed by atoms with Gasteiger partial charge in [0.2, 0.25) is 5.91 Å². The quantitative estimate of drug-likeness (QED) is 0.354. The number of ketones is 1. The van der Waals surface area contributed by atoms with Gasteiger partial charge in [-0.15, -0.1) is 0 Å². The Morgan fingerprint density at radius 1 is 1.48 bits per heavy atom. The van der Waals surface area contributed by atoms with Crippen molar-refractivity contribution in [3.63, 3.8) is 0 Å². The first-order chi connectivity index (χ1) is 11.8. The van der Waals surface area contributed by atoms with Crippen molar-refractivity contribution in [3.05, 3.63) is 22.6 Å². The Morgan fingerprint density at radius 2 is 2.20 bits per heavy atom. The van der Waals surface area contributed by atoms with Crippen LogP contribution in [0, 0.1) is 5.82 Å². The van der Waals surface area contributed by atoms with Crippen LogP contribution in [0.25, 0.3) is 0 Å². The second-order valence-electron chi connectivity index (χ2n) is 5.67. The van der Waals surface area contributed by atoms with E-state index in [-0.39, 0.29) is 35.1 Å². The van der Waals surface area contributed by atoms with Crippen molar-refractivity contribution < 1.29 is 23.5 Å². The number of amides is 1. The smallest absolute Gasteiger partial charge is 0.313 e. The average Bonchev–Trinajstić information content (AvgIpc) is 2.96. The topological polar surface area (TPSA) is 88.6 Å². The van der Waals surface area contributed by atoms with E-state index in [0.717, 1.165) is 6.07 Å². The van der Waals surface area contributed by atoms with Crippen LogP contribution in [-0.4, -0.2) is 48.4 Å². The lowest BCUT2D eigenvalue weighted by Gasteiger charge is -2.19. The molecule has 1 N–H and O–H groups in total. The van der Waals surface area contributed by atoms with Gasteiger partial charge in [-0.05, 0) is 19.4 Å². The first kappa shape index (κ1) is 19.1. The fraction of sp³-hybridized carbons (Fsp3) is 0.500. The van der Waals surface area contributed by atoms with Gasteiger partial charge in [-0.1, -0.05) is 11.6 Å². The minimum Gasteiger partial charge on any atom is -0.466 e. The fourth-order valence-electron chi connectivity index (χ4n) is 2.67. The molecule has 0 spiro atoms. The molecule has 1 saturated heterocycles. The van der Waals surface area contributed by atoms with E-state index in [1.54, 1.807) is 11.8 Å². The van der Waals surface area contributed by atoms with Crippen LogP contribution >= 0.6 is 11.6 Å². The molecular formula is C16H19ClFN3O4. The summed E-state index contributed by atoms with van der Waals surface area (Å²) in [6, 6.07) is 0.889. The number of ether oxygens (including phenoxy) is 1. The number of aromatic nitrogens is 1. The van der Waals surface area contributed by atoms with Crippen molar-refractivity contribution >= 4 is 35.1 Å². The first-order valence-corrected chi connectivity index (χ1v) is 8.26. The molecule has 25 heavy (non-hydrogen) atoms. The van der Waals surface area contributed by atoms with E-state index >= 15 is 0 Å². The van der Waals surface area contributed by atoms with Gasteiger partial charge in [0.05, 0.1) is 12.2 Å². The molecule has 7 nitrogen and oxygen atoms in total. The molecule has 0 bridgehead atoms. The maximum Gasteiger partial charge on any atom is 0.313 e. The number of hydrogen-bond donors (Lipinski definition) is 1. The van der Waals surface area contributed by atoms with Crippen molar-refractivity contribution in [2.45, 2.75) is 32.7 Å². The zero-order valence-electron chi connectivity index (χ0n) is 14.0. The fourth-order valence-corrected chi connectivity index (χ4v) is 2.91. The summed E-state index contributed by atoms with van der Waals surface area (Å²) in [5.74, 6) is -2.20. The predicted octanol–water partition coefficient (Wildman–Crippen LogP) is 1.72. The van der Waals surface area contributed by atoms with Crippen LogP contribution in [0.15, 0.2) is 6.07 Å². The SMILES string of the molecule is CCOC(=O)CC(=O)c1cc(F)c(N2CCC(NC(C)=O)C2)nc1Cl. The Balaban J connectivity index is 2.13. The van der Waals surface area contributed by atoms with Gasteiger partial charge in [0.15, 0.2) is 17.4 Å². The first-order valence-electron chi connectivity index (χ1n) is 7.88. The summed E-state index contributed by atoms with van der Waals surface area (Å²) >= 11 is 6.01. The molecule has 1 amide bonds. The number of nitrogens with one attached hydrogen (secondary N) is 1. The predicted molar refractivity (Wildman–Crippen MR) is 89.2 cm³/mol. The van der Waals surface area contributed by atoms with Crippen LogP contribution in [0.1, 0.15) is 37.0 Å². The van der Waals surface area contributed by atoms with Gasteiger partial charge in [0, 0.05) is 26.1 Å². The Kier molecular flexibility index (Phi) is 6.30. The number of carbonyl (C=O) groups excluding carboxylic acids is 3. The van der Waals surface area contributed by atoms with Crippen molar-refractivity contribution in [2.75, 3.05) is 24.6 Å². The van der Waals surface area contributed by atoms with Gasteiger partial charge in [-0.25, -0.2) is 9.37 Å².